The number of ether oxygens (including phenoxy) is 1. The molecule has 1 atom stereocenters. The Morgan fingerprint density at radius 1 is 1.23 bits per heavy atom. The number of thioether (sulfide) groups is 1. The van der Waals surface area contributed by atoms with E-state index in [-0.39, 0.29) is 11.1 Å². The molecule has 0 spiro atoms. The molecule has 0 saturated heterocycles. The molecule has 1 aliphatic rings. The molecule has 0 saturated carbocycles. The van der Waals surface area contributed by atoms with E-state index in [0.717, 1.165) is 14.9 Å². The average molecular weight is 373 g/mol. The SMILES string of the molecule is Cc1ccc(SC2C(C#N)=C(N)Oc3ccc(Br)cc32)cc1. The Kier molecular flexibility index (Phi) is 4.14. The summed E-state index contributed by atoms with van der Waals surface area (Å²) in [5, 5.41) is 9.28. The summed E-state index contributed by atoms with van der Waals surface area (Å²) in [6.07, 6.45) is 0. The van der Waals surface area contributed by atoms with Crippen LogP contribution < -0.4 is 10.5 Å². The minimum Gasteiger partial charge on any atom is -0.440 e. The molecule has 3 nitrogen and oxygen atoms in total. The number of benzene rings is 2. The maximum atomic E-state index is 9.46. The smallest absolute Gasteiger partial charge is 0.206 e. The van der Waals surface area contributed by atoms with Crippen molar-refractivity contribution in [3.8, 4) is 11.8 Å². The Morgan fingerprint density at radius 2 is 1.95 bits per heavy atom. The number of halogens is 1. The summed E-state index contributed by atoms with van der Waals surface area (Å²) in [4.78, 5) is 1.09. The van der Waals surface area contributed by atoms with Gasteiger partial charge in [0.1, 0.15) is 17.4 Å². The maximum Gasteiger partial charge on any atom is 0.206 e. The number of nitrogens with two attached hydrogens (primary N) is 1. The van der Waals surface area contributed by atoms with Gasteiger partial charge in [0.15, 0.2) is 0 Å². The van der Waals surface area contributed by atoms with Crippen LogP contribution in [0.25, 0.3) is 0 Å². The fourth-order valence-electron chi connectivity index (χ4n) is 2.26. The van der Waals surface area contributed by atoms with Crippen LogP contribution in [0, 0.1) is 18.3 Å². The van der Waals surface area contributed by atoms with Gasteiger partial charge in [-0.05, 0) is 37.3 Å². The van der Waals surface area contributed by atoms with Crippen molar-refractivity contribution in [2.75, 3.05) is 0 Å². The summed E-state index contributed by atoms with van der Waals surface area (Å²) in [5.41, 5.74) is 8.53. The normalized spacial score (nSPS) is 16.7. The van der Waals surface area contributed by atoms with Crippen LogP contribution in [0.1, 0.15) is 16.4 Å². The van der Waals surface area contributed by atoms with E-state index in [2.05, 4.69) is 46.3 Å². The number of nitrogens with zero attached hydrogens (tertiary/aromatic N) is 1. The van der Waals surface area contributed by atoms with Gasteiger partial charge in [0, 0.05) is 14.9 Å². The molecule has 1 heterocycles. The molecule has 2 aromatic carbocycles. The molecular weight excluding hydrogens is 360 g/mol. The van der Waals surface area contributed by atoms with Gasteiger partial charge in [0.2, 0.25) is 5.88 Å². The van der Waals surface area contributed by atoms with E-state index < -0.39 is 0 Å². The Morgan fingerprint density at radius 3 is 2.64 bits per heavy atom. The van der Waals surface area contributed by atoms with E-state index in [1.54, 1.807) is 11.8 Å². The van der Waals surface area contributed by atoms with E-state index in [4.69, 9.17) is 10.5 Å². The molecule has 1 unspecified atom stereocenters. The number of nitriles is 1. The number of aryl methyl sites for hydroxylation is 1. The van der Waals surface area contributed by atoms with Crippen molar-refractivity contribution in [2.24, 2.45) is 5.73 Å². The van der Waals surface area contributed by atoms with Gasteiger partial charge in [0.25, 0.3) is 0 Å². The summed E-state index contributed by atoms with van der Waals surface area (Å²) >= 11 is 5.07. The highest BCUT2D eigenvalue weighted by atomic mass is 79.9. The molecule has 3 rings (SSSR count). The topological polar surface area (TPSA) is 59.0 Å². The highest BCUT2D eigenvalue weighted by molar-refractivity contribution is 9.10. The second-order valence-electron chi connectivity index (χ2n) is 4.98. The third-order valence-electron chi connectivity index (χ3n) is 3.40. The molecule has 22 heavy (non-hydrogen) atoms. The van der Waals surface area contributed by atoms with Crippen LogP contribution in [0.15, 0.2) is 63.3 Å². The fraction of sp³-hybridized carbons (Fsp3) is 0.118. The highest BCUT2D eigenvalue weighted by Gasteiger charge is 2.30. The summed E-state index contributed by atoms with van der Waals surface area (Å²) in [6.45, 7) is 2.05. The van der Waals surface area contributed by atoms with Crippen molar-refractivity contribution in [2.45, 2.75) is 17.1 Å². The molecule has 0 bridgehead atoms. The van der Waals surface area contributed by atoms with Gasteiger partial charge in [-0.25, -0.2) is 0 Å². The number of hydrogen-bond donors (Lipinski definition) is 1. The fourth-order valence-corrected chi connectivity index (χ4v) is 3.81. The largest absolute Gasteiger partial charge is 0.440 e. The Balaban J connectivity index is 2.05. The lowest BCUT2D eigenvalue weighted by molar-refractivity contribution is 0.398. The highest BCUT2D eigenvalue weighted by Crippen LogP contribution is 2.48. The van der Waals surface area contributed by atoms with Crippen LogP contribution in [0.4, 0.5) is 0 Å². The van der Waals surface area contributed by atoms with Crippen LogP contribution in [-0.4, -0.2) is 0 Å². The van der Waals surface area contributed by atoms with Gasteiger partial charge >= 0.3 is 0 Å². The van der Waals surface area contributed by atoms with E-state index in [9.17, 15) is 5.26 Å². The first kappa shape index (κ1) is 15.0. The van der Waals surface area contributed by atoms with Crippen molar-refractivity contribution in [3.05, 3.63) is 69.5 Å². The lowest BCUT2D eigenvalue weighted by atomic mass is 10.0. The first-order chi connectivity index (χ1) is 10.6. The van der Waals surface area contributed by atoms with Crippen LogP contribution in [0.5, 0.6) is 5.75 Å². The first-order valence-corrected chi connectivity index (χ1v) is 8.36. The minimum atomic E-state index is -0.172. The third-order valence-corrected chi connectivity index (χ3v) is 5.16. The quantitative estimate of drug-likeness (QED) is 0.831. The van der Waals surface area contributed by atoms with Crippen LogP contribution in [0.2, 0.25) is 0 Å². The van der Waals surface area contributed by atoms with Gasteiger partial charge in [-0.3, -0.25) is 0 Å². The molecule has 0 aliphatic carbocycles. The van der Waals surface area contributed by atoms with Gasteiger partial charge in [-0.15, -0.1) is 11.8 Å². The number of fused-ring (bicyclic) bond motifs is 1. The molecule has 110 valence electrons. The second kappa shape index (κ2) is 6.07. The predicted molar refractivity (Wildman–Crippen MR) is 91.4 cm³/mol. The predicted octanol–water partition coefficient (Wildman–Crippen LogP) is 4.68. The maximum absolute atomic E-state index is 9.46. The second-order valence-corrected chi connectivity index (χ2v) is 7.08. The van der Waals surface area contributed by atoms with Crippen molar-refractivity contribution < 1.29 is 4.74 Å². The van der Waals surface area contributed by atoms with Crippen LogP contribution in [0.3, 0.4) is 0 Å². The standard InChI is InChI=1S/C17H13BrN2OS/c1-10-2-5-12(6-3-10)22-16-13-8-11(18)4-7-15(13)21-17(20)14(16)9-19/h2-8,16H,20H2,1H3. The molecule has 1 aliphatic heterocycles. The monoisotopic (exact) mass is 372 g/mol. The summed E-state index contributed by atoms with van der Waals surface area (Å²) in [6, 6.07) is 16.2. The molecule has 2 N–H and O–H groups in total. The average Bonchev–Trinajstić information content (AvgIpc) is 2.50. The third kappa shape index (κ3) is 2.85. The lowest BCUT2D eigenvalue weighted by Gasteiger charge is -2.25. The molecule has 0 fully saturated rings. The molecule has 2 aromatic rings. The first-order valence-electron chi connectivity index (χ1n) is 6.69. The molecular formula is C17H13BrN2OS. The van der Waals surface area contributed by atoms with E-state index in [0.29, 0.717) is 11.3 Å². The Hall–Kier alpha value is -1.90. The van der Waals surface area contributed by atoms with Crippen molar-refractivity contribution in [1.29, 1.82) is 5.26 Å². The Bertz CT molecular complexity index is 793. The van der Waals surface area contributed by atoms with Crippen molar-refractivity contribution in [1.82, 2.24) is 0 Å². The zero-order valence-electron chi connectivity index (χ0n) is 11.8. The zero-order valence-corrected chi connectivity index (χ0v) is 14.2. The van der Waals surface area contributed by atoms with Gasteiger partial charge in [-0.1, -0.05) is 33.6 Å². The molecule has 0 amide bonds. The molecule has 5 heteroatoms. The lowest BCUT2D eigenvalue weighted by Crippen LogP contribution is -2.18. The summed E-state index contributed by atoms with van der Waals surface area (Å²) in [5.74, 6) is 0.881. The molecule has 0 radical (unpaired) electrons. The van der Waals surface area contributed by atoms with E-state index in [1.807, 2.05) is 25.1 Å². The number of hydrogen-bond acceptors (Lipinski definition) is 4. The van der Waals surface area contributed by atoms with E-state index in [1.165, 1.54) is 5.56 Å². The zero-order chi connectivity index (χ0) is 15.7. The number of rotatable bonds is 2. The van der Waals surface area contributed by atoms with E-state index >= 15 is 0 Å². The van der Waals surface area contributed by atoms with Crippen LogP contribution in [-0.2, 0) is 0 Å². The van der Waals surface area contributed by atoms with Gasteiger partial charge in [0.05, 0.1) is 5.25 Å². The summed E-state index contributed by atoms with van der Waals surface area (Å²) in [7, 11) is 0. The minimum absolute atomic E-state index is 0.172. The van der Waals surface area contributed by atoms with Crippen LogP contribution >= 0.6 is 27.7 Å². The summed E-state index contributed by atoms with van der Waals surface area (Å²) < 4.78 is 6.52. The van der Waals surface area contributed by atoms with Gasteiger partial charge in [-0.2, -0.15) is 5.26 Å². The Labute approximate surface area is 141 Å². The molecule has 0 aromatic heterocycles. The van der Waals surface area contributed by atoms with Crippen molar-refractivity contribution in [3.63, 3.8) is 0 Å². The van der Waals surface area contributed by atoms with Crippen molar-refractivity contribution >= 4 is 27.7 Å². The van der Waals surface area contributed by atoms with Gasteiger partial charge < -0.3 is 10.5 Å².